The van der Waals surface area contributed by atoms with Crippen LogP contribution in [0.5, 0.6) is 0 Å². The van der Waals surface area contributed by atoms with Crippen molar-refractivity contribution in [3.63, 3.8) is 0 Å². The molecular formula is C26H24N4S. The van der Waals surface area contributed by atoms with E-state index in [9.17, 15) is 0 Å². The van der Waals surface area contributed by atoms with E-state index in [1.807, 2.05) is 24.4 Å². The van der Waals surface area contributed by atoms with Gasteiger partial charge in [-0.05, 0) is 72.2 Å². The number of pyridine rings is 1. The Morgan fingerprint density at radius 2 is 1.68 bits per heavy atom. The summed E-state index contributed by atoms with van der Waals surface area (Å²) >= 11 is 5.82. The first-order chi connectivity index (χ1) is 15.2. The third-order valence-corrected chi connectivity index (χ3v) is 6.15. The summed E-state index contributed by atoms with van der Waals surface area (Å²) in [5.41, 5.74) is 5.71. The Bertz CT molecular complexity index is 1170. The molecule has 0 unspecified atom stereocenters. The molecule has 5 heteroatoms. The van der Waals surface area contributed by atoms with Crippen molar-refractivity contribution in [2.45, 2.75) is 25.4 Å². The Labute approximate surface area is 188 Å². The SMILES string of the molecule is CCc1ccc(N2C(=S)N[C@@H](c3ccccn3)[C@H]2c2ccn(-c3ccccc3)c2)cc1. The average molecular weight is 425 g/mol. The number of aryl methyl sites for hydroxylation is 1. The van der Waals surface area contributed by atoms with Gasteiger partial charge in [0.25, 0.3) is 0 Å². The number of hydrogen-bond acceptors (Lipinski definition) is 2. The quantitative estimate of drug-likeness (QED) is 0.422. The fourth-order valence-electron chi connectivity index (χ4n) is 4.21. The number of hydrogen-bond donors (Lipinski definition) is 1. The van der Waals surface area contributed by atoms with Gasteiger partial charge in [-0.1, -0.05) is 43.3 Å². The first kappa shape index (κ1) is 19.5. The normalized spacial score (nSPS) is 18.2. The predicted molar refractivity (Wildman–Crippen MR) is 130 cm³/mol. The van der Waals surface area contributed by atoms with E-state index < -0.39 is 0 Å². The molecule has 1 aliphatic rings. The predicted octanol–water partition coefficient (Wildman–Crippen LogP) is 5.61. The maximum Gasteiger partial charge on any atom is 0.174 e. The van der Waals surface area contributed by atoms with Gasteiger partial charge in [0.1, 0.15) is 0 Å². The fourth-order valence-corrected chi connectivity index (χ4v) is 4.56. The molecule has 154 valence electrons. The number of para-hydroxylation sites is 1. The van der Waals surface area contributed by atoms with Crippen molar-refractivity contribution in [1.82, 2.24) is 14.9 Å². The van der Waals surface area contributed by atoms with Crippen molar-refractivity contribution in [1.29, 1.82) is 0 Å². The molecule has 0 radical (unpaired) electrons. The lowest BCUT2D eigenvalue weighted by Gasteiger charge is -2.27. The molecule has 2 atom stereocenters. The van der Waals surface area contributed by atoms with Gasteiger partial charge in [-0.15, -0.1) is 0 Å². The lowest BCUT2D eigenvalue weighted by molar-refractivity contribution is 0.568. The summed E-state index contributed by atoms with van der Waals surface area (Å²) in [7, 11) is 0. The molecule has 2 aromatic heterocycles. The van der Waals surface area contributed by atoms with Crippen LogP contribution in [0.15, 0.2) is 97.5 Å². The topological polar surface area (TPSA) is 33.1 Å². The summed E-state index contributed by atoms with van der Waals surface area (Å²) in [6, 6.07) is 27.2. The van der Waals surface area contributed by atoms with Crippen LogP contribution < -0.4 is 10.2 Å². The van der Waals surface area contributed by atoms with Gasteiger partial charge in [-0.3, -0.25) is 4.98 Å². The van der Waals surface area contributed by atoms with Crippen LogP contribution in [0.25, 0.3) is 5.69 Å². The lowest BCUT2D eigenvalue weighted by atomic mass is 9.98. The third-order valence-electron chi connectivity index (χ3n) is 5.83. The molecule has 1 saturated heterocycles. The third kappa shape index (κ3) is 3.73. The Balaban J connectivity index is 1.58. The number of rotatable bonds is 5. The highest BCUT2D eigenvalue weighted by atomic mass is 32.1. The molecular weight excluding hydrogens is 400 g/mol. The van der Waals surface area contributed by atoms with Gasteiger partial charge in [0.15, 0.2) is 5.11 Å². The summed E-state index contributed by atoms with van der Waals surface area (Å²) in [5, 5.41) is 4.25. The summed E-state index contributed by atoms with van der Waals surface area (Å²) in [4.78, 5) is 6.86. The second-order valence-corrected chi connectivity index (χ2v) is 8.09. The van der Waals surface area contributed by atoms with Crippen molar-refractivity contribution in [3.05, 3.63) is 114 Å². The molecule has 0 bridgehead atoms. The molecule has 0 spiro atoms. The Kier molecular flexibility index (Phi) is 5.26. The average Bonchev–Trinajstić information content (AvgIpc) is 3.45. The molecule has 4 nitrogen and oxygen atoms in total. The van der Waals surface area contributed by atoms with Crippen molar-refractivity contribution in [2.75, 3.05) is 4.90 Å². The second kappa shape index (κ2) is 8.36. The maximum absolute atomic E-state index is 5.82. The van der Waals surface area contributed by atoms with E-state index in [1.165, 1.54) is 11.1 Å². The van der Waals surface area contributed by atoms with Gasteiger partial charge in [0.2, 0.25) is 0 Å². The van der Waals surface area contributed by atoms with E-state index in [-0.39, 0.29) is 12.1 Å². The zero-order valence-corrected chi connectivity index (χ0v) is 18.2. The highest BCUT2D eigenvalue weighted by molar-refractivity contribution is 7.80. The van der Waals surface area contributed by atoms with Crippen LogP contribution in [0.4, 0.5) is 5.69 Å². The van der Waals surface area contributed by atoms with Crippen LogP contribution in [0.1, 0.15) is 35.8 Å². The summed E-state index contributed by atoms with van der Waals surface area (Å²) < 4.78 is 2.16. The molecule has 1 aliphatic heterocycles. The Hall–Kier alpha value is -3.44. The zero-order chi connectivity index (χ0) is 21.2. The highest BCUT2D eigenvalue weighted by Crippen LogP contribution is 2.41. The van der Waals surface area contributed by atoms with Crippen LogP contribution in [-0.2, 0) is 6.42 Å². The lowest BCUT2D eigenvalue weighted by Crippen LogP contribution is -2.29. The van der Waals surface area contributed by atoms with Crippen LogP contribution in [0.3, 0.4) is 0 Å². The maximum atomic E-state index is 5.82. The molecule has 4 aromatic rings. The molecule has 0 amide bonds. The largest absolute Gasteiger partial charge is 0.351 e. The van der Waals surface area contributed by atoms with Gasteiger partial charge >= 0.3 is 0 Å². The number of anilines is 1. The standard InChI is InChI=1S/C26H24N4S/c1-2-19-11-13-22(14-12-19)30-25(24(28-26(30)31)23-10-6-7-16-27-23)20-15-17-29(18-20)21-8-4-3-5-9-21/h3-18,24-25H,2H2,1H3,(H,28,31)/t24-,25+/m0/s1. The molecule has 0 saturated carbocycles. The smallest absolute Gasteiger partial charge is 0.174 e. The molecule has 2 aromatic carbocycles. The van der Waals surface area contributed by atoms with Crippen LogP contribution in [-0.4, -0.2) is 14.7 Å². The van der Waals surface area contributed by atoms with Gasteiger partial charge in [-0.25, -0.2) is 0 Å². The van der Waals surface area contributed by atoms with E-state index in [4.69, 9.17) is 12.2 Å². The van der Waals surface area contributed by atoms with Crippen LogP contribution in [0, 0.1) is 0 Å². The van der Waals surface area contributed by atoms with E-state index in [0.29, 0.717) is 0 Å². The first-order valence-electron chi connectivity index (χ1n) is 10.6. The van der Waals surface area contributed by atoms with Crippen LogP contribution >= 0.6 is 12.2 Å². The van der Waals surface area contributed by atoms with Gasteiger partial charge in [0.05, 0.1) is 17.8 Å². The fraction of sp³-hybridized carbons (Fsp3) is 0.154. The minimum absolute atomic E-state index is 0.000149. The molecule has 31 heavy (non-hydrogen) atoms. The number of nitrogens with one attached hydrogen (secondary N) is 1. The molecule has 1 fully saturated rings. The van der Waals surface area contributed by atoms with E-state index >= 15 is 0 Å². The van der Waals surface area contributed by atoms with Gasteiger partial charge in [-0.2, -0.15) is 0 Å². The first-order valence-corrected chi connectivity index (χ1v) is 11.0. The zero-order valence-electron chi connectivity index (χ0n) is 17.3. The van der Waals surface area contributed by atoms with Crippen molar-refractivity contribution in [3.8, 4) is 5.69 Å². The molecule has 0 aliphatic carbocycles. The summed E-state index contributed by atoms with van der Waals surface area (Å²) in [6.45, 7) is 2.17. The monoisotopic (exact) mass is 424 g/mol. The highest BCUT2D eigenvalue weighted by Gasteiger charge is 2.41. The molecule has 1 N–H and O–H groups in total. The van der Waals surface area contributed by atoms with E-state index in [2.05, 4.69) is 99.7 Å². The minimum atomic E-state index is -0.0359. The van der Waals surface area contributed by atoms with Crippen LogP contribution in [0.2, 0.25) is 0 Å². The van der Waals surface area contributed by atoms with E-state index in [0.717, 1.165) is 28.6 Å². The molecule has 3 heterocycles. The number of benzene rings is 2. The Morgan fingerprint density at radius 1 is 0.903 bits per heavy atom. The second-order valence-electron chi connectivity index (χ2n) is 7.70. The van der Waals surface area contributed by atoms with Crippen molar-refractivity contribution in [2.24, 2.45) is 0 Å². The van der Waals surface area contributed by atoms with Gasteiger partial charge < -0.3 is 14.8 Å². The number of thiocarbonyl (C=S) groups is 1. The van der Waals surface area contributed by atoms with Crippen molar-refractivity contribution >= 4 is 23.0 Å². The summed E-state index contributed by atoms with van der Waals surface area (Å²) in [6.07, 6.45) is 7.16. The molecule has 5 rings (SSSR count). The van der Waals surface area contributed by atoms with Gasteiger partial charge in [0, 0.05) is 30.0 Å². The van der Waals surface area contributed by atoms with E-state index in [1.54, 1.807) is 0 Å². The summed E-state index contributed by atoms with van der Waals surface area (Å²) in [5.74, 6) is 0. The van der Waals surface area contributed by atoms with Crippen molar-refractivity contribution < 1.29 is 0 Å². The number of nitrogens with zero attached hydrogens (tertiary/aromatic N) is 3. The Morgan fingerprint density at radius 3 is 2.39 bits per heavy atom. The number of aromatic nitrogens is 2. The minimum Gasteiger partial charge on any atom is -0.351 e.